The lowest BCUT2D eigenvalue weighted by molar-refractivity contribution is -0.301. The molecule has 4 N–H and O–H groups in total. The highest BCUT2D eigenvalue weighted by Gasteiger charge is 2.48. The van der Waals surface area contributed by atoms with Gasteiger partial charge in [-0.2, -0.15) is 8.42 Å². The maximum absolute atomic E-state index is 13.0. The number of rotatable bonds is 57. The van der Waals surface area contributed by atoms with E-state index in [0.29, 0.717) is 13.0 Å². The number of esters is 1. The van der Waals surface area contributed by atoms with Crippen molar-refractivity contribution in [3.63, 3.8) is 0 Å². The number of carbonyl (C=O) groups is 1. The Hall–Kier alpha value is -0.900. The van der Waals surface area contributed by atoms with Gasteiger partial charge in [0.15, 0.2) is 6.29 Å². The molecule has 1 fully saturated rings. The third-order valence-corrected chi connectivity index (χ3v) is 15.4. The van der Waals surface area contributed by atoms with Gasteiger partial charge in [0.1, 0.15) is 30.5 Å². The van der Waals surface area contributed by atoms with Gasteiger partial charge in [-0.25, -0.2) is 4.18 Å². The van der Waals surface area contributed by atoms with Gasteiger partial charge in [0.2, 0.25) is 0 Å². The summed E-state index contributed by atoms with van der Waals surface area (Å²) in [5.41, 5.74) is 0. The van der Waals surface area contributed by atoms with Crippen molar-refractivity contribution in [3.8, 4) is 0 Å². The lowest BCUT2D eigenvalue weighted by Crippen LogP contribution is -2.60. The molecule has 0 amide bonds. The van der Waals surface area contributed by atoms with Crippen LogP contribution >= 0.6 is 0 Å². The second-order valence-electron chi connectivity index (χ2n) is 22.0. The van der Waals surface area contributed by atoms with E-state index in [0.717, 1.165) is 38.5 Å². The Morgan fingerprint density at radius 3 is 1.10 bits per heavy atom. The highest BCUT2D eigenvalue weighted by molar-refractivity contribution is 7.80. The molecule has 0 aromatic heterocycles. The Labute approximate surface area is 449 Å². The maximum Gasteiger partial charge on any atom is 0.397 e. The molecule has 13 heteroatoms. The zero-order valence-corrected chi connectivity index (χ0v) is 48.3. The maximum atomic E-state index is 13.0. The Morgan fingerprint density at radius 2 is 0.781 bits per heavy atom. The molecule has 0 aromatic carbocycles. The van der Waals surface area contributed by atoms with Gasteiger partial charge in [-0.05, 0) is 12.8 Å². The first-order chi connectivity index (χ1) is 35.6. The van der Waals surface area contributed by atoms with Gasteiger partial charge in [0, 0.05) is 13.0 Å². The quantitative estimate of drug-likeness (QED) is 0.0258. The number of unbranched alkanes of at least 4 members (excludes halogenated alkanes) is 44. The van der Waals surface area contributed by atoms with Crippen LogP contribution in [0.4, 0.5) is 0 Å². The average Bonchev–Trinajstić information content (AvgIpc) is 3.37. The number of hydrogen-bond acceptors (Lipinski definition) is 11. The zero-order valence-electron chi connectivity index (χ0n) is 47.5. The van der Waals surface area contributed by atoms with E-state index in [9.17, 15) is 33.1 Å². The van der Waals surface area contributed by atoms with Crippen LogP contribution in [-0.2, 0) is 38.3 Å². The predicted octanol–water partition coefficient (Wildman–Crippen LogP) is 15.9. The molecule has 0 aromatic rings. The van der Waals surface area contributed by atoms with Gasteiger partial charge in [-0.15, -0.1) is 0 Å². The molecule has 0 spiro atoms. The van der Waals surface area contributed by atoms with Crippen LogP contribution in [0.15, 0.2) is 0 Å². The molecular formula is C60H118O12S. The van der Waals surface area contributed by atoms with Crippen molar-refractivity contribution >= 4 is 16.4 Å². The predicted molar refractivity (Wildman–Crippen MR) is 299 cm³/mol. The Balaban J connectivity index is 2.23. The molecule has 73 heavy (non-hydrogen) atoms. The number of ether oxygens (including phenoxy) is 4. The molecule has 1 aliphatic heterocycles. The normalized spacial score (nSPS) is 18.7. The van der Waals surface area contributed by atoms with Gasteiger partial charge in [0.25, 0.3) is 0 Å². The second kappa shape index (κ2) is 51.8. The van der Waals surface area contributed by atoms with Gasteiger partial charge in [0.05, 0.1) is 19.8 Å². The first-order valence-electron chi connectivity index (χ1n) is 31.3. The summed E-state index contributed by atoms with van der Waals surface area (Å²) < 4.78 is 59.5. The minimum atomic E-state index is -5.06. The summed E-state index contributed by atoms with van der Waals surface area (Å²) in [6.07, 6.45) is 51.5. The Kier molecular flexibility index (Phi) is 49.8. The molecule has 1 saturated heterocycles. The third kappa shape index (κ3) is 44.7. The van der Waals surface area contributed by atoms with Crippen molar-refractivity contribution in [2.75, 3.05) is 26.4 Å². The van der Waals surface area contributed by atoms with E-state index < -0.39 is 53.8 Å². The second-order valence-corrected chi connectivity index (χ2v) is 23.1. The SMILES string of the molecule is CCCCCCCCCCCCCCCCCCCCCCCCCCOCC(COC1OC(CO)C(O)C(OS(=O)(=O)O)C1O)OC(=O)CCCCCCCCCCCCCCCCCCCCCCCC. The molecule has 1 aliphatic rings. The van der Waals surface area contributed by atoms with Gasteiger partial charge < -0.3 is 34.3 Å². The number of aliphatic hydroxyl groups excluding tert-OH is 3. The van der Waals surface area contributed by atoms with Crippen LogP contribution in [0.3, 0.4) is 0 Å². The number of carbonyl (C=O) groups excluding carboxylic acids is 1. The van der Waals surface area contributed by atoms with Crippen LogP contribution in [0.25, 0.3) is 0 Å². The van der Waals surface area contributed by atoms with Crippen molar-refractivity contribution in [2.45, 2.75) is 352 Å². The van der Waals surface area contributed by atoms with Gasteiger partial charge in [-0.3, -0.25) is 9.35 Å². The van der Waals surface area contributed by atoms with Crippen LogP contribution < -0.4 is 0 Å². The lowest BCUT2D eigenvalue weighted by Gasteiger charge is -2.41. The largest absolute Gasteiger partial charge is 0.457 e. The van der Waals surface area contributed by atoms with Crippen LogP contribution in [0.1, 0.15) is 316 Å². The molecule has 0 aliphatic carbocycles. The van der Waals surface area contributed by atoms with Crippen LogP contribution in [0.5, 0.6) is 0 Å². The molecule has 12 nitrogen and oxygen atoms in total. The topological polar surface area (TPSA) is 178 Å². The third-order valence-electron chi connectivity index (χ3n) is 15.0. The molecule has 1 heterocycles. The summed E-state index contributed by atoms with van der Waals surface area (Å²) in [5, 5.41) is 30.9. The van der Waals surface area contributed by atoms with Crippen LogP contribution in [0, 0.1) is 0 Å². The zero-order chi connectivity index (χ0) is 53.1. The van der Waals surface area contributed by atoms with Crippen molar-refractivity contribution in [2.24, 2.45) is 0 Å². The van der Waals surface area contributed by atoms with E-state index in [-0.39, 0.29) is 25.6 Å². The smallest absolute Gasteiger partial charge is 0.397 e. The molecule has 6 atom stereocenters. The minimum absolute atomic E-state index is 0.0459. The summed E-state index contributed by atoms with van der Waals surface area (Å²) in [7, 11) is -5.06. The molecular weight excluding hydrogens is 945 g/mol. The average molecular weight is 1060 g/mol. The van der Waals surface area contributed by atoms with Gasteiger partial charge >= 0.3 is 16.4 Å². The minimum Gasteiger partial charge on any atom is -0.457 e. The molecule has 0 bridgehead atoms. The van der Waals surface area contributed by atoms with Crippen molar-refractivity contribution in [1.82, 2.24) is 0 Å². The summed E-state index contributed by atoms with van der Waals surface area (Å²) in [4.78, 5) is 13.0. The Morgan fingerprint density at radius 1 is 0.466 bits per heavy atom. The molecule has 0 saturated carbocycles. The summed E-state index contributed by atoms with van der Waals surface area (Å²) in [6, 6.07) is 0. The summed E-state index contributed by atoms with van der Waals surface area (Å²) >= 11 is 0. The van der Waals surface area contributed by atoms with Crippen molar-refractivity contribution < 1.29 is 56.2 Å². The summed E-state index contributed by atoms with van der Waals surface area (Å²) in [6.45, 7) is 4.09. The van der Waals surface area contributed by atoms with Gasteiger partial charge in [-0.1, -0.05) is 296 Å². The molecule has 1 rings (SSSR count). The van der Waals surface area contributed by atoms with Crippen molar-refractivity contribution in [1.29, 1.82) is 0 Å². The fraction of sp³-hybridized carbons (Fsp3) is 0.983. The van der Waals surface area contributed by atoms with E-state index >= 15 is 0 Å². The van der Waals surface area contributed by atoms with Crippen molar-refractivity contribution in [3.05, 3.63) is 0 Å². The molecule has 6 unspecified atom stereocenters. The first kappa shape index (κ1) is 70.1. The molecule has 0 radical (unpaired) electrons. The van der Waals surface area contributed by atoms with Crippen LogP contribution in [0.2, 0.25) is 0 Å². The summed E-state index contributed by atoms with van der Waals surface area (Å²) in [5.74, 6) is -0.387. The van der Waals surface area contributed by atoms with E-state index in [2.05, 4.69) is 18.0 Å². The number of aliphatic hydroxyl groups is 3. The van der Waals surface area contributed by atoms with Crippen LogP contribution in [-0.4, -0.2) is 97.5 Å². The fourth-order valence-electron chi connectivity index (χ4n) is 10.3. The highest BCUT2D eigenvalue weighted by Crippen LogP contribution is 2.26. The molecule has 436 valence electrons. The Bertz CT molecular complexity index is 1270. The van der Waals surface area contributed by atoms with E-state index in [1.54, 1.807) is 0 Å². The highest BCUT2D eigenvalue weighted by atomic mass is 32.3. The fourth-order valence-corrected chi connectivity index (χ4v) is 10.8. The van der Waals surface area contributed by atoms with E-state index in [1.165, 1.54) is 250 Å². The van der Waals surface area contributed by atoms with E-state index in [1.807, 2.05) is 0 Å². The first-order valence-corrected chi connectivity index (χ1v) is 32.7. The van der Waals surface area contributed by atoms with E-state index in [4.69, 9.17) is 18.9 Å². The number of hydrogen-bond donors (Lipinski definition) is 4. The standard InChI is InChI=1S/C60H118O12S/c1-3-5-7-9-11-13-15-17-19-21-23-25-27-28-30-32-34-36-38-40-42-44-46-48-50-68-52-54(53-69-60-58(64)59(72-73(65,66)67)57(63)55(51-61)71-60)70-56(62)49-47-45-43-41-39-37-35-33-31-29-26-24-22-20-18-16-14-12-10-8-6-4-2/h54-55,57-61,63-64H,3-53H2,1-2H3,(H,65,66,67). The monoisotopic (exact) mass is 1060 g/mol. The lowest BCUT2D eigenvalue weighted by atomic mass is 9.99.